The Balaban J connectivity index is 2.50. The Morgan fingerprint density at radius 2 is 1.88 bits per heavy atom. The molecule has 1 aromatic carbocycles. The van der Waals surface area contributed by atoms with Gasteiger partial charge in [0.05, 0.1) is 30.8 Å². The molecule has 0 bridgehead atoms. The van der Waals surface area contributed by atoms with Crippen LogP contribution in [0.4, 0.5) is 5.69 Å². The van der Waals surface area contributed by atoms with Crippen molar-refractivity contribution in [1.29, 1.82) is 0 Å². The van der Waals surface area contributed by atoms with E-state index in [1.807, 2.05) is 33.8 Å². The lowest BCUT2D eigenvalue weighted by molar-refractivity contribution is -0.113. The van der Waals surface area contributed by atoms with Crippen LogP contribution in [0.15, 0.2) is 53.8 Å². The molecule has 0 aromatic heterocycles. The van der Waals surface area contributed by atoms with E-state index < -0.39 is 17.7 Å². The lowest BCUT2D eigenvalue weighted by atomic mass is 10.00. The number of aliphatic imine (C=N–C) groups is 1. The Morgan fingerprint density at radius 3 is 2.42 bits per heavy atom. The monoisotopic (exact) mass is 454 g/mol. The zero-order valence-electron chi connectivity index (χ0n) is 20.3. The van der Waals surface area contributed by atoms with E-state index in [1.165, 1.54) is 12.5 Å². The summed E-state index contributed by atoms with van der Waals surface area (Å²) in [6.07, 6.45) is 3.94. The van der Waals surface area contributed by atoms with E-state index in [-0.39, 0.29) is 5.91 Å². The molecule has 8 heteroatoms. The molecule has 0 aliphatic carbocycles. The summed E-state index contributed by atoms with van der Waals surface area (Å²) in [5.41, 5.74) is 2.68. The molecule has 1 aromatic rings. The Hall–Kier alpha value is -3.23. The molecule has 8 nitrogen and oxygen atoms in total. The zero-order valence-corrected chi connectivity index (χ0v) is 20.3. The molecule has 1 aliphatic rings. The van der Waals surface area contributed by atoms with Gasteiger partial charge in [-0.25, -0.2) is 4.99 Å². The minimum absolute atomic E-state index is 0.307. The third-order valence-electron chi connectivity index (χ3n) is 4.56. The van der Waals surface area contributed by atoms with Gasteiger partial charge in [-0.05, 0) is 58.4 Å². The molecule has 2 N–H and O–H groups in total. The van der Waals surface area contributed by atoms with Gasteiger partial charge in [0.15, 0.2) is 6.29 Å². The number of nitrogens with one attached hydrogen (secondary N) is 2. The average Bonchev–Trinajstić information content (AvgIpc) is 3.24. The van der Waals surface area contributed by atoms with E-state index in [2.05, 4.69) is 28.8 Å². The van der Waals surface area contributed by atoms with E-state index in [9.17, 15) is 9.59 Å². The Bertz CT molecular complexity index is 983. The van der Waals surface area contributed by atoms with E-state index in [0.29, 0.717) is 41.3 Å². The fourth-order valence-corrected chi connectivity index (χ4v) is 3.20. The van der Waals surface area contributed by atoms with Crippen LogP contribution in [0.1, 0.15) is 55.5 Å². The van der Waals surface area contributed by atoms with Crippen molar-refractivity contribution in [2.24, 2.45) is 4.99 Å². The molecule has 178 valence electrons. The summed E-state index contributed by atoms with van der Waals surface area (Å²) in [6, 6.07) is 3.55. The standard InChI is InChI=1S/C25H34N4O4/c1-9-26-15-29(8)20(12-16(2)3)23(31)27-21-17(4)13-18(24-32-10-11-33-24)14-19(21)22(30)28-25(5,6)7/h9,12-15,24H,1-2,10-11H2,3-8H3,(H,27,31)(H,28,30). The maximum absolute atomic E-state index is 13.3. The summed E-state index contributed by atoms with van der Waals surface area (Å²) in [5, 5.41) is 5.87. The number of likely N-dealkylation sites (N-methyl/N-ethyl adjacent to an activating group) is 1. The van der Waals surface area contributed by atoms with Gasteiger partial charge in [-0.3, -0.25) is 9.59 Å². The third kappa shape index (κ3) is 7.40. The summed E-state index contributed by atoms with van der Waals surface area (Å²) < 4.78 is 11.2. The zero-order chi connectivity index (χ0) is 24.8. The fraction of sp³-hybridized carbons (Fsp3) is 0.400. The second kappa shape index (κ2) is 11.1. The van der Waals surface area contributed by atoms with Crippen LogP contribution in [0.5, 0.6) is 0 Å². The average molecular weight is 455 g/mol. The molecule has 2 rings (SSSR count). The van der Waals surface area contributed by atoms with Crippen molar-refractivity contribution >= 4 is 23.8 Å². The van der Waals surface area contributed by atoms with Crippen LogP contribution < -0.4 is 10.6 Å². The van der Waals surface area contributed by atoms with Crippen LogP contribution in [0.25, 0.3) is 0 Å². The summed E-state index contributed by atoms with van der Waals surface area (Å²) in [6.45, 7) is 17.7. The van der Waals surface area contributed by atoms with Gasteiger partial charge in [0.25, 0.3) is 11.8 Å². The van der Waals surface area contributed by atoms with Gasteiger partial charge in [0.2, 0.25) is 0 Å². The molecule has 1 saturated heterocycles. The molecule has 2 amide bonds. The van der Waals surface area contributed by atoms with Crippen LogP contribution in [0.2, 0.25) is 0 Å². The van der Waals surface area contributed by atoms with Crippen LogP contribution >= 0.6 is 0 Å². The fourth-order valence-electron chi connectivity index (χ4n) is 3.20. The molecule has 1 heterocycles. The SMILES string of the molecule is C=CN=CN(C)C(=CC(=C)C)C(=O)Nc1c(C)cc(C2OCCO2)cc1C(=O)NC(C)(C)C. The second-order valence-electron chi connectivity index (χ2n) is 8.93. The van der Waals surface area contributed by atoms with Gasteiger partial charge in [0, 0.05) is 24.4 Å². The van der Waals surface area contributed by atoms with Crippen molar-refractivity contribution in [3.8, 4) is 0 Å². The minimum Gasteiger partial charge on any atom is -0.347 e. The number of amides is 2. The van der Waals surface area contributed by atoms with Gasteiger partial charge in [-0.15, -0.1) is 0 Å². The van der Waals surface area contributed by atoms with Crippen molar-refractivity contribution in [1.82, 2.24) is 10.2 Å². The van der Waals surface area contributed by atoms with E-state index in [1.54, 1.807) is 31.0 Å². The highest BCUT2D eigenvalue weighted by Gasteiger charge is 2.26. The van der Waals surface area contributed by atoms with Crippen molar-refractivity contribution in [3.05, 3.63) is 65.5 Å². The number of aryl methyl sites for hydroxylation is 1. The smallest absolute Gasteiger partial charge is 0.272 e. The summed E-state index contributed by atoms with van der Waals surface area (Å²) >= 11 is 0. The van der Waals surface area contributed by atoms with E-state index in [0.717, 1.165) is 5.56 Å². The number of nitrogens with zero attached hydrogens (tertiary/aromatic N) is 2. The number of carbonyl (C=O) groups excluding carboxylic acids is 2. The first-order valence-corrected chi connectivity index (χ1v) is 10.7. The minimum atomic E-state index is -0.547. The predicted molar refractivity (Wildman–Crippen MR) is 131 cm³/mol. The van der Waals surface area contributed by atoms with Gasteiger partial charge < -0.3 is 25.0 Å². The number of hydrogen-bond acceptors (Lipinski definition) is 5. The molecule has 1 aliphatic heterocycles. The molecule has 0 saturated carbocycles. The van der Waals surface area contributed by atoms with Crippen LogP contribution in [-0.2, 0) is 14.3 Å². The number of hydrogen-bond donors (Lipinski definition) is 2. The highest BCUT2D eigenvalue weighted by atomic mass is 16.7. The molecule has 33 heavy (non-hydrogen) atoms. The number of benzene rings is 1. The number of ether oxygens (including phenoxy) is 2. The highest BCUT2D eigenvalue weighted by Crippen LogP contribution is 2.31. The van der Waals surface area contributed by atoms with Crippen molar-refractivity contribution in [2.45, 2.75) is 46.4 Å². The third-order valence-corrected chi connectivity index (χ3v) is 4.56. The van der Waals surface area contributed by atoms with Gasteiger partial charge in [-0.1, -0.05) is 18.7 Å². The van der Waals surface area contributed by atoms with E-state index in [4.69, 9.17) is 9.47 Å². The number of allylic oxidation sites excluding steroid dienone is 2. The quantitative estimate of drug-likeness (QED) is 0.267. The Morgan fingerprint density at radius 1 is 1.24 bits per heavy atom. The predicted octanol–water partition coefficient (Wildman–Crippen LogP) is 4.07. The van der Waals surface area contributed by atoms with Crippen LogP contribution in [0, 0.1) is 6.92 Å². The first kappa shape index (κ1) is 26.0. The van der Waals surface area contributed by atoms with Gasteiger partial charge in [0.1, 0.15) is 5.70 Å². The number of anilines is 1. The lowest BCUT2D eigenvalue weighted by Crippen LogP contribution is -2.41. The molecule has 0 unspecified atom stereocenters. The maximum atomic E-state index is 13.3. The Kier molecular flexibility index (Phi) is 8.73. The molecule has 0 radical (unpaired) electrons. The summed E-state index contributed by atoms with van der Waals surface area (Å²) in [7, 11) is 1.69. The second-order valence-corrected chi connectivity index (χ2v) is 8.93. The Labute approximate surface area is 196 Å². The van der Waals surface area contributed by atoms with Crippen molar-refractivity contribution in [3.63, 3.8) is 0 Å². The van der Waals surface area contributed by atoms with Gasteiger partial charge in [-0.2, -0.15) is 0 Å². The molecular formula is C25H34N4O4. The van der Waals surface area contributed by atoms with Crippen LogP contribution in [0.3, 0.4) is 0 Å². The highest BCUT2D eigenvalue weighted by molar-refractivity contribution is 6.10. The van der Waals surface area contributed by atoms with Crippen molar-refractivity contribution < 1.29 is 19.1 Å². The molecular weight excluding hydrogens is 420 g/mol. The summed E-state index contributed by atoms with van der Waals surface area (Å²) in [4.78, 5) is 32.0. The summed E-state index contributed by atoms with van der Waals surface area (Å²) in [5.74, 6) is -0.724. The molecule has 0 spiro atoms. The van der Waals surface area contributed by atoms with E-state index >= 15 is 0 Å². The van der Waals surface area contributed by atoms with Crippen LogP contribution in [-0.4, -0.2) is 48.9 Å². The first-order valence-electron chi connectivity index (χ1n) is 10.7. The van der Waals surface area contributed by atoms with Gasteiger partial charge >= 0.3 is 0 Å². The topological polar surface area (TPSA) is 92.3 Å². The first-order chi connectivity index (χ1) is 15.4. The number of carbonyl (C=O) groups is 2. The van der Waals surface area contributed by atoms with Crippen molar-refractivity contribution in [2.75, 3.05) is 25.6 Å². The largest absolute Gasteiger partial charge is 0.347 e. The maximum Gasteiger partial charge on any atom is 0.272 e. The molecule has 1 fully saturated rings. The normalized spacial score (nSPS) is 14.9. The number of rotatable bonds is 8. The molecule has 0 atom stereocenters. The lowest BCUT2D eigenvalue weighted by Gasteiger charge is -2.24.